The Kier molecular flexibility index (Phi) is 8.37. The molecule has 0 N–H and O–H groups in total. The maximum absolute atomic E-state index is 5.49. The van der Waals surface area contributed by atoms with Crippen molar-refractivity contribution in [3.05, 3.63) is 247 Å². The van der Waals surface area contributed by atoms with Crippen molar-refractivity contribution >= 4 is 33.4 Å². The van der Waals surface area contributed by atoms with Gasteiger partial charge in [0.15, 0.2) is 5.82 Å². The van der Waals surface area contributed by atoms with Crippen LogP contribution in [0.3, 0.4) is 0 Å². The molecule has 0 saturated heterocycles. The van der Waals surface area contributed by atoms with Crippen molar-refractivity contribution in [3.63, 3.8) is 0 Å². The monoisotopic (exact) mass is 831 g/mol. The average molecular weight is 832 g/mol. The first-order chi connectivity index (χ1) is 31.7. The van der Waals surface area contributed by atoms with Crippen LogP contribution in [0.2, 0.25) is 0 Å². The van der Waals surface area contributed by atoms with Crippen LogP contribution in [-0.4, -0.2) is 15.0 Å². The first kappa shape index (κ1) is 36.7. The van der Waals surface area contributed by atoms with Gasteiger partial charge in [0.25, 0.3) is 0 Å². The van der Waals surface area contributed by atoms with E-state index < -0.39 is 5.41 Å². The number of pyridine rings is 1. The summed E-state index contributed by atoms with van der Waals surface area (Å²) in [6, 6.07) is 80.7. The number of para-hydroxylation sites is 1. The zero-order valence-electron chi connectivity index (χ0n) is 34.6. The highest BCUT2D eigenvalue weighted by molar-refractivity contribution is 7.99. The summed E-state index contributed by atoms with van der Waals surface area (Å²) in [5.74, 6) is 0.686. The van der Waals surface area contributed by atoms with Crippen molar-refractivity contribution in [2.75, 3.05) is 0 Å². The topological polar surface area (TPSA) is 38.7 Å². The maximum Gasteiger partial charge on any atom is 0.160 e. The molecular weight excluding hydrogens is 795 g/mol. The van der Waals surface area contributed by atoms with Crippen molar-refractivity contribution in [2.45, 2.75) is 15.2 Å². The van der Waals surface area contributed by atoms with E-state index in [2.05, 4.69) is 206 Å². The third kappa shape index (κ3) is 5.59. The number of hydrogen-bond donors (Lipinski definition) is 0. The molecular formula is C60H37N3S. The largest absolute Gasteiger partial charge is 0.247 e. The minimum absolute atomic E-state index is 0.467. The summed E-state index contributed by atoms with van der Waals surface area (Å²) in [5.41, 5.74) is 17.5. The summed E-state index contributed by atoms with van der Waals surface area (Å²) >= 11 is 1.89. The van der Waals surface area contributed by atoms with Gasteiger partial charge in [0.1, 0.15) is 0 Å². The van der Waals surface area contributed by atoms with Gasteiger partial charge in [-0.2, -0.15) is 0 Å². The maximum atomic E-state index is 5.49. The van der Waals surface area contributed by atoms with E-state index in [1.165, 1.54) is 54.1 Å². The minimum atomic E-state index is -0.467. The molecule has 1 aliphatic heterocycles. The molecule has 0 fully saturated rings. The summed E-state index contributed by atoms with van der Waals surface area (Å²) in [6.45, 7) is 0. The van der Waals surface area contributed by atoms with Crippen LogP contribution in [0, 0.1) is 0 Å². The second kappa shape index (κ2) is 14.6. The third-order valence-corrected chi connectivity index (χ3v) is 14.3. The van der Waals surface area contributed by atoms with Gasteiger partial charge >= 0.3 is 0 Å². The Morgan fingerprint density at radius 3 is 1.61 bits per heavy atom. The number of aromatic nitrogens is 3. The molecule has 13 rings (SSSR count). The standard InChI is InChI=1S/C60H37N3S/c1-3-17-38(18-4-1)40-21-15-22-41(35-40)53-37-54(63-59(62-53)39-19-5-2-6-20-39)42-23-16-24-43(36-42)57-47-33-34-51-58(56(47)46-27-9-13-31-52(46)61-57)64-55-32-14-12-30-50(55)60(51)48-28-10-7-25-44(48)45-26-8-11-29-49(45)60/h1-37H. The Labute approximate surface area is 375 Å². The van der Waals surface area contributed by atoms with Crippen molar-refractivity contribution in [3.8, 4) is 67.4 Å². The molecule has 0 atom stereocenters. The van der Waals surface area contributed by atoms with Gasteiger partial charge in [0.05, 0.1) is 28.0 Å². The third-order valence-electron chi connectivity index (χ3n) is 13.1. The Morgan fingerprint density at radius 1 is 0.344 bits per heavy atom. The molecule has 1 spiro atoms. The van der Waals surface area contributed by atoms with Crippen molar-refractivity contribution < 1.29 is 0 Å². The SMILES string of the molecule is c1ccc(-c2cccc(-c3cc(-c4cccc(-c5nc6ccccc6c6c7c(ccc56)C5(c6ccccc6S7)c6ccccc6-c6ccccc65)c4)nc(-c4ccccc4)n3)c2)cc1. The van der Waals surface area contributed by atoms with Crippen LogP contribution in [0.1, 0.15) is 22.3 Å². The molecule has 298 valence electrons. The lowest BCUT2D eigenvalue weighted by molar-refractivity contribution is 0.726. The van der Waals surface area contributed by atoms with Gasteiger partial charge in [-0.05, 0) is 74.8 Å². The lowest BCUT2D eigenvalue weighted by Gasteiger charge is -2.40. The number of hydrogen-bond acceptors (Lipinski definition) is 4. The van der Waals surface area contributed by atoms with Crippen LogP contribution in [0.15, 0.2) is 234 Å². The fourth-order valence-electron chi connectivity index (χ4n) is 10.3. The second-order valence-electron chi connectivity index (χ2n) is 16.6. The Hall–Kier alpha value is -7.92. The summed E-state index contributed by atoms with van der Waals surface area (Å²) in [7, 11) is 0. The molecule has 0 unspecified atom stereocenters. The predicted molar refractivity (Wildman–Crippen MR) is 263 cm³/mol. The van der Waals surface area contributed by atoms with Crippen LogP contribution in [0.4, 0.5) is 0 Å². The number of fused-ring (bicyclic) bond motifs is 13. The zero-order valence-corrected chi connectivity index (χ0v) is 35.4. The van der Waals surface area contributed by atoms with E-state index in [0.717, 1.165) is 61.2 Å². The highest BCUT2D eigenvalue weighted by Crippen LogP contribution is 2.63. The summed E-state index contributed by atoms with van der Waals surface area (Å²) in [5, 5.41) is 3.52. The molecule has 0 amide bonds. The Bertz CT molecular complexity index is 3610. The number of nitrogens with zero attached hydrogens (tertiary/aromatic N) is 3. The summed E-state index contributed by atoms with van der Waals surface area (Å²) in [4.78, 5) is 18.5. The fraction of sp³-hybridized carbons (Fsp3) is 0.0167. The highest BCUT2D eigenvalue weighted by Gasteiger charge is 2.50. The van der Waals surface area contributed by atoms with Gasteiger partial charge in [-0.1, -0.05) is 206 Å². The van der Waals surface area contributed by atoms with E-state index in [1.54, 1.807) is 0 Å². The van der Waals surface area contributed by atoms with Crippen LogP contribution < -0.4 is 0 Å². The number of benzene rings is 9. The molecule has 9 aromatic carbocycles. The van der Waals surface area contributed by atoms with E-state index in [0.29, 0.717) is 5.82 Å². The molecule has 1 aliphatic carbocycles. The highest BCUT2D eigenvalue weighted by atomic mass is 32.2. The molecule has 3 nitrogen and oxygen atoms in total. The summed E-state index contributed by atoms with van der Waals surface area (Å²) in [6.07, 6.45) is 0. The molecule has 4 heteroatoms. The first-order valence-electron chi connectivity index (χ1n) is 21.8. The Morgan fingerprint density at radius 2 is 0.891 bits per heavy atom. The van der Waals surface area contributed by atoms with Gasteiger partial charge in [-0.25, -0.2) is 15.0 Å². The molecule has 11 aromatic rings. The molecule has 64 heavy (non-hydrogen) atoms. The van der Waals surface area contributed by atoms with E-state index in [1.807, 2.05) is 30.0 Å². The Balaban J connectivity index is 1.02. The van der Waals surface area contributed by atoms with E-state index in [9.17, 15) is 0 Å². The molecule has 0 radical (unpaired) electrons. The predicted octanol–water partition coefficient (Wildman–Crippen LogP) is 15.3. The van der Waals surface area contributed by atoms with Gasteiger partial charge in [-0.3, -0.25) is 0 Å². The zero-order chi connectivity index (χ0) is 42.2. The molecule has 0 saturated carbocycles. The summed E-state index contributed by atoms with van der Waals surface area (Å²) < 4.78 is 0. The molecule has 2 aliphatic rings. The van der Waals surface area contributed by atoms with Crippen molar-refractivity contribution in [1.82, 2.24) is 15.0 Å². The van der Waals surface area contributed by atoms with Gasteiger partial charge < -0.3 is 0 Å². The van der Waals surface area contributed by atoms with Gasteiger partial charge in [-0.15, -0.1) is 0 Å². The van der Waals surface area contributed by atoms with E-state index in [4.69, 9.17) is 15.0 Å². The smallest absolute Gasteiger partial charge is 0.160 e. The second-order valence-corrected chi connectivity index (χ2v) is 17.7. The average Bonchev–Trinajstić information content (AvgIpc) is 3.67. The lowest BCUT2D eigenvalue weighted by atomic mass is 9.67. The van der Waals surface area contributed by atoms with Crippen LogP contribution in [0.5, 0.6) is 0 Å². The van der Waals surface area contributed by atoms with Gasteiger partial charge in [0.2, 0.25) is 0 Å². The normalized spacial score (nSPS) is 13.1. The van der Waals surface area contributed by atoms with E-state index in [-0.39, 0.29) is 0 Å². The van der Waals surface area contributed by atoms with Crippen LogP contribution in [-0.2, 0) is 5.41 Å². The lowest BCUT2D eigenvalue weighted by Crippen LogP contribution is -2.32. The number of rotatable bonds is 5. The molecule has 2 aromatic heterocycles. The van der Waals surface area contributed by atoms with Crippen LogP contribution >= 0.6 is 11.8 Å². The quantitative estimate of drug-likeness (QED) is 0.162. The van der Waals surface area contributed by atoms with Gasteiger partial charge in [0, 0.05) is 48.2 Å². The van der Waals surface area contributed by atoms with Crippen molar-refractivity contribution in [2.24, 2.45) is 0 Å². The van der Waals surface area contributed by atoms with E-state index >= 15 is 0 Å². The molecule has 0 bridgehead atoms. The fourth-order valence-corrected chi connectivity index (χ4v) is 11.7. The van der Waals surface area contributed by atoms with Crippen LogP contribution in [0.25, 0.3) is 89.1 Å². The van der Waals surface area contributed by atoms with Crippen molar-refractivity contribution in [1.29, 1.82) is 0 Å². The first-order valence-corrected chi connectivity index (χ1v) is 22.6. The minimum Gasteiger partial charge on any atom is -0.247 e. The molecule has 3 heterocycles.